The van der Waals surface area contributed by atoms with E-state index in [-0.39, 0.29) is 15.5 Å². The van der Waals surface area contributed by atoms with Gasteiger partial charge >= 0.3 is 7.60 Å². The van der Waals surface area contributed by atoms with Gasteiger partial charge in [0.15, 0.2) is 0 Å². The van der Waals surface area contributed by atoms with Crippen LogP contribution in [-0.4, -0.2) is 32.7 Å². The second kappa shape index (κ2) is 10.3. The summed E-state index contributed by atoms with van der Waals surface area (Å²) >= 11 is 0.982. The molecule has 0 saturated heterocycles. The minimum Gasteiger partial charge on any atom is -0.492 e. The molecule has 0 fully saturated rings. The number of hydrogen-bond donors (Lipinski definition) is 3. The summed E-state index contributed by atoms with van der Waals surface area (Å²) in [5.41, 5.74) is -0.262. The van der Waals surface area contributed by atoms with E-state index in [1.807, 2.05) is 4.72 Å². The number of rotatable bonds is 11. The third kappa shape index (κ3) is 6.54. The van der Waals surface area contributed by atoms with Crippen LogP contribution in [0.5, 0.6) is 11.5 Å². The Bertz CT molecular complexity index is 1370. The van der Waals surface area contributed by atoms with Crippen molar-refractivity contribution in [3.8, 4) is 17.6 Å². The summed E-state index contributed by atoms with van der Waals surface area (Å²) in [4.78, 5) is 9.99. The molecule has 9 nitrogen and oxygen atoms in total. The predicted octanol–water partition coefficient (Wildman–Crippen LogP) is 3.52. The van der Waals surface area contributed by atoms with E-state index >= 15 is 0 Å². The highest BCUT2D eigenvalue weighted by Crippen LogP contribution is 2.42. The zero-order valence-electron chi connectivity index (χ0n) is 17.0. The van der Waals surface area contributed by atoms with Crippen molar-refractivity contribution in [2.24, 2.45) is 0 Å². The van der Waals surface area contributed by atoms with Gasteiger partial charge in [-0.15, -0.1) is 11.3 Å². The minimum atomic E-state index is -4.50. The number of thiophene rings is 1. The minimum absolute atomic E-state index is 0.0626. The van der Waals surface area contributed by atoms with Crippen LogP contribution in [0.3, 0.4) is 0 Å². The van der Waals surface area contributed by atoms with Gasteiger partial charge in [0, 0.05) is 17.3 Å². The lowest BCUT2D eigenvalue weighted by atomic mass is 10.2. The molecule has 3 N–H and O–H groups in total. The fourth-order valence-electron chi connectivity index (χ4n) is 2.63. The molecule has 0 aliphatic carbocycles. The van der Waals surface area contributed by atoms with Crippen molar-refractivity contribution >= 4 is 39.0 Å². The molecule has 3 rings (SSSR count). The maximum atomic E-state index is 13.7. The summed E-state index contributed by atoms with van der Waals surface area (Å²) in [6, 6.07) is 11.2. The SMILES string of the molecule is C=CNCCOc1ccc2sc(S(=O)(=O)NCP(=O)(O)Oc3ccc(C#N)c(F)c3)cc2c1. The molecule has 2 aromatic carbocycles. The van der Waals surface area contributed by atoms with Gasteiger partial charge in [0.05, 0.1) is 5.56 Å². The van der Waals surface area contributed by atoms with Crippen molar-refractivity contribution in [3.63, 3.8) is 0 Å². The Kier molecular flexibility index (Phi) is 7.73. The molecule has 0 radical (unpaired) electrons. The number of sulfonamides is 1. The van der Waals surface area contributed by atoms with E-state index in [4.69, 9.17) is 14.5 Å². The summed E-state index contributed by atoms with van der Waals surface area (Å²) < 4.78 is 64.3. The number of ether oxygens (including phenoxy) is 1. The van der Waals surface area contributed by atoms with Crippen LogP contribution in [0, 0.1) is 17.1 Å². The molecule has 1 heterocycles. The molecule has 13 heteroatoms. The summed E-state index contributed by atoms with van der Waals surface area (Å²) in [5.74, 6) is -0.679. The quantitative estimate of drug-likeness (QED) is 0.263. The van der Waals surface area contributed by atoms with Crippen LogP contribution in [0.2, 0.25) is 0 Å². The number of nitrogens with one attached hydrogen (secondary N) is 2. The summed E-state index contributed by atoms with van der Waals surface area (Å²) in [6.45, 7) is 4.49. The van der Waals surface area contributed by atoms with Crippen molar-refractivity contribution in [2.45, 2.75) is 4.21 Å². The van der Waals surface area contributed by atoms with Crippen molar-refractivity contribution in [3.05, 3.63) is 66.6 Å². The molecule has 174 valence electrons. The van der Waals surface area contributed by atoms with Crippen molar-refractivity contribution in [1.82, 2.24) is 10.0 Å². The number of benzene rings is 2. The summed E-state index contributed by atoms with van der Waals surface area (Å²) in [5, 5.41) is 12.3. The largest absolute Gasteiger partial charge is 0.492 e. The molecule has 0 spiro atoms. The first-order chi connectivity index (χ1) is 15.6. The molecule has 0 aliphatic rings. The number of hydrogen-bond acceptors (Lipinski definition) is 8. The Hall–Kier alpha value is -2.94. The van der Waals surface area contributed by atoms with Gasteiger partial charge in [-0.1, -0.05) is 6.58 Å². The molecular weight excluding hydrogens is 492 g/mol. The average Bonchev–Trinajstić information content (AvgIpc) is 3.20. The lowest BCUT2D eigenvalue weighted by molar-refractivity contribution is 0.321. The van der Waals surface area contributed by atoms with Gasteiger partial charge in [-0.3, -0.25) is 0 Å². The van der Waals surface area contributed by atoms with E-state index in [9.17, 15) is 22.3 Å². The van der Waals surface area contributed by atoms with Gasteiger partial charge in [0.1, 0.15) is 40.5 Å². The topological polar surface area (TPSA) is 138 Å². The average molecular weight is 511 g/mol. The second-order valence-corrected chi connectivity index (χ2v) is 11.4. The van der Waals surface area contributed by atoms with E-state index in [0.29, 0.717) is 29.0 Å². The van der Waals surface area contributed by atoms with Gasteiger partial charge < -0.3 is 19.5 Å². The summed E-state index contributed by atoms with van der Waals surface area (Å²) in [7, 11) is -8.63. The molecule has 0 bridgehead atoms. The normalized spacial score (nSPS) is 13.1. The van der Waals surface area contributed by atoms with E-state index in [1.54, 1.807) is 30.5 Å². The maximum absolute atomic E-state index is 13.7. The lowest BCUT2D eigenvalue weighted by Crippen LogP contribution is -2.25. The number of nitrogens with zero attached hydrogens (tertiary/aromatic N) is 1. The zero-order valence-corrected chi connectivity index (χ0v) is 19.6. The van der Waals surface area contributed by atoms with Crippen LogP contribution in [0.25, 0.3) is 10.1 Å². The molecule has 0 amide bonds. The van der Waals surface area contributed by atoms with Crippen molar-refractivity contribution in [1.29, 1.82) is 5.26 Å². The number of fused-ring (bicyclic) bond motifs is 1. The Morgan fingerprint density at radius 3 is 2.70 bits per heavy atom. The monoisotopic (exact) mass is 511 g/mol. The van der Waals surface area contributed by atoms with E-state index in [0.717, 1.165) is 29.5 Å². The fraction of sp³-hybridized carbons (Fsp3) is 0.150. The molecule has 3 aromatic rings. The summed E-state index contributed by atoms with van der Waals surface area (Å²) in [6.07, 6.45) is 0.615. The van der Waals surface area contributed by atoms with E-state index < -0.39 is 29.7 Å². The molecule has 33 heavy (non-hydrogen) atoms. The first-order valence-electron chi connectivity index (χ1n) is 9.35. The van der Waals surface area contributed by atoms with Gasteiger partial charge in [-0.2, -0.15) is 9.98 Å². The second-order valence-electron chi connectivity index (χ2n) is 6.56. The van der Waals surface area contributed by atoms with Crippen LogP contribution < -0.4 is 19.3 Å². The van der Waals surface area contributed by atoms with E-state index in [1.165, 1.54) is 6.07 Å². The van der Waals surface area contributed by atoms with Crippen molar-refractivity contribution in [2.75, 3.05) is 19.4 Å². The smallest absolute Gasteiger partial charge is 0.391 e. The Morgan fingerprint density at radius 2 is 2.00 bits per heavy atom. The van der Waals surface area contributed by atoms with Crippen LogP contribution in [0.4, 0.5) is 4.39 Å². The van der Waals surface area contributed by atoms with Gasteiger partial charge in [-0.05, 0) is 48.0 Å². The molecule has 1 atom stereocenters. The highest BCUT2D eigenvalue weighted by molar-refractivity contribution is 7.92. The predicted molar refractivity (Wildman–Crippen MR) is 122 cm³/mol. The Balaban J connectivity index is 1.67. The molecular formula is C20H19FN3O6PS2. The first-order valence-corrected chi connectivity index (χ1v) is 13.4. The molecule has 1 aromatic heterocycles. The maximum Gasteiger partial charge on any atom is 0.391 e. The third-order valence-corrected chi connectivity index (χ3v) is 8.41. The van der Waals surface area contributed by atoms with Crippen molar-refractivity contribution < 1.29 is 31.5 Å². The standard InChI is InChI=1S/C20H19FN3O6PS2/c1-2-23-7-8-29-16-5-6-19-15(9-16)10-20(32-19)33(27,28)24-13-31(25,26)30-17-4-3-14(12-22)18(21)11-17/h2-6,9-11,23-24H,1,7-8,13H2,(H,25,26). The van der Waals surface area contributed by atoms with Crippen LogP contribution in [-0.2, 0) is 14.6 Å². The highest BCUT2D eigenvalue weighted by atomic mass is 32.2. The molecule has 1 unspecified atom stereocenters. The van der Waals surface area contributed by atoms with Gasteiger partial charge in [0.25, 0.3) is 10.0 Å². The van der Waals surface area contributed by atoms with E-state index in [2.05, 4.69) is 11.9 Å². The number of nitriles is 1. The van der Waals surface area contributed by atoms with Gasteiger partial charge in [-0.25, -0.2) is 17.4 Å². The first kappa shape index (κ1) is 24.7. The third-order valence-electron chi connectivity index (χ3n) is 4.15. The van der Waals surface area contributed by atoms with Gasteiger partial charge in [0.2, 0.25) is 0 Å². The van der Waals surface area contributed by atoms with Crippen LogP contribution in [0.1, 0.15) is 5.56 Å². The molecule has 0 aliphatic heterocycles. The Labute approximate surface area is 193 Å². The van der Waals surface area contributed by atoms with Crippen LogP contribution >= 0.6 is 18.9 Å². The fourth-order valence-corrected chi connectivity index (χ4v) is 6.55. The highest BCUT2D eigenvalue weighted by Gasteiger charge is 2.27. The zero-order chi connectivity index (χ0) is 24.1. The number of halogens is 1. The molecule has 0 saturated carbocycles. The van der Waals surface area contributed by atoms with Crippen LogP contribution in [0.15, 0.2) is 59.5 Å². The Morgan fingerprint density at radius 1 is 1.24 bits per heavy atom. The lowest BCUT2D eigenvalue weighted by Gasteiger charge is -2.14.